The van der Waals surface area contributed by atoms with E-state index in [1.54, 1.807) is 0 Å². The van der Waals surface area contributed by atoms with Crippen LogP contribution in [0, 0.1) is 0 Å². The molecule has 1 heterocycles. The summed E-state index contributed by atoms with van der Waals surface area (Å²) in [6.45, 7) is 8.66. The minimum absolute atomic E-state index is 0.144. The largest absolute Gasteiger partial charge is 0.676 e. The maximum atomic E-state index is 5.27. The van der Waals surface area contributed by atoms with E-state index in [0.717, 1.165) is 0 Å². The summed E-state index contributed by atoms with van der Waals surface area (Å²) < 4.78 is 10.1. The third kappa shape index (κ3) is 0.821. The lowest BCUT2D eigenvalue weighted by Gasteiger charge is -2.10. The Morgan fingerprint density at radius 1 is 1.25 bits per heavy atom. The van der Waals surface area contributed by atoms with E-state index < -0.39 is 6.76 Å². The molecule has 0 aromatic carbocycles. The molecule has 2 unspecified atom stereocenters. The van der Waals surface area contributed by atoms with Gasteiger partial charge in [0.1, 0.15) is 0 Å². The zero-order valence-electron chi connectivity index (χ0n) is 5.13. The molecule has 0 N–H and O–H groups in total. The SMILES string of the molecule is [CH+]=[B-]1OC(C)C(C)O1. The molecule has 44 valence electrons. The molecular formula is C5H9BO2. The van der Waals surface area contributed by atoms with Crippen molar-refractivity contribution >= 4 is 13.2 Å². The lowest BCUT2D eigenvalue weighted by atomic mass is 10.2. The summed E-state index contributed by atoms with van der Waals surface area (Å²) in [5, 5.41) is 0. The van der Waals surface area contributed by atoms with Gasteiger partial charge in [0.15, 0.2) is 0 Å². The smallest absolute Gasteiger partial charge is 0.590 e. The van der Waals surface area contributed by atoms with E-state index in [9.17, 15) is 0 Å². The molecule has 1 rings (SSSR count). The molecule has 0 saturated carbocycles. The van der Waals surface area contributed by atoms with Gasteiger partial charge in [-0.2, -0.15) is 0 Å². The van der Waals surface area contributed by atoms with Crippen LogP contribution in [0.4, 0.5) is 0 Å². The van der Waals surface area contributed by atoms with Gasteiger partial charge >= 0.3 is 6.76 Å². The number of hydrogen-bond donors (Lipinski definition) is 0. The highest BCUT2D eigenvalue weighted by atomic mass is 16.6. The average Bonchev–Trinajstić information content (AvgIpc) is 1.85. The van der Waals surface area contributed by atoms with Crippen molar-refractivity contribution in [1.29, 1.82) is 0 Å². The first kappa shape index (κ1) is 5.58. The van der Waals surface area contributed by atoms with Crippen LogP contribution in [-0.4, -0.2) is 25.4 Å². The standard InChI is InChI=1S/C5H9BO2/c1-4-5(2)8-6(3)7-4/h3-5H,1-2H3. The molecule has 0 bridgehead atoms. The van der Waals surface area contributed by atoms with Gasteiger partial charge in [-0.25, -0.2) is 0 Å². The second kappa shape index (κ2) is 1.75. The Hall–Kier alpha value is -0.555. The molecule has 8 heavy (non-hydrogen) atoms. The predicted molar refractivity (Wildman–Crippen MR) is 32.9 cm³/mol. The first-order chi connectivity index (χ1) is 3.70. The zero-order chi connectivity index (χ0) is 6.15. The van der Waals surface area contributed by atoms with Crippen LogP contribution in [0.1, 0.15) is 13.8 Å². The third-order valence-corrected chi connectivity index (χ3v) is 1.36. The van der Waals surface area contributed by atoms with E-state index in [-0.39, 0.29) is 12.2 Å². The molecule has 1 fully saturated rings. The average molecular weight is 112 g/mol. The van der Waals surface area contributed by atoms with Crippen LogP contribution in [0.25, 0.3) is 0 Å². The van der Waals surface area contributed by atoms with Crippen molar-refractivity contribution in [2.24, 2.45) is 0 Å². The highest BCUT2D eigenvalue weighted by Gasteiger charge is 2.21. The first-order valence-corrected chi connectivity index (χ1v) is 2.76. The van der Waals surface area contributed by atoms with Gasteiger partial charge in [-0.3, -0.25) is 0 Å². The molecule has 3 heteroatoms. The second-order valence-corrected chi connectivity index (χ2v) is 2.05. The van der Waals surface area contributed by atoms with E-state index in [1.165, 1.54) is 0 Å². The Morgan fingerprint density at radius 2 is 1.62 bits per heavy atom. The van der Waals surface area contributed by atoms with E-state index >= 15 is 0 Å². The van der Waals surface area contributed by atoms with E-state index in [1.807, 2.05) is 13.8 Å². The highest BCUT2D eigenvalue weighted by molar-refractivity contribution is 6.49. The van der Waals surface area contributed by atoms with Crippen LogP contribution in [0.5, 0.6) is 0 Å². The Bertz CT molecular complexity index is 101. The van der Waals surface area contributed by atoms with Crippen molar-refractivity contribution in [2.75, 3.05) is 0 Å². The van der Waals surface area contributed by atoms with Crippen LogP contribution in [0.3, 0.4) is 0 Å². The molecule has 2 nitrogen and oxygen atoms in total. The summed E-state index contributed by atoms with van der Waals surface area (Å²) in [5.74, 6) is 0. The van der Waals surface area contributed by atoms with Crippen molar-refractivity contribution in [1.82, 2.24) is 0 Å². The van der Waals surface area contributed by atoms with E-state index in [0.29, 0.717) is 0 Å². The monoisotopic (exact) mass is 112 g/mol. The first-order valence-electron chi connectivity index (χ1n) is 2.76. The Labute approximate surface area is 49.6 Å². The van der Waals surface area contributed by atoms with Crippen LogP contribution in [0.15, 0.2) is 0 Å². The molecule has 0 spiro atoms. The normalized spacial score (nSPS) is 36.4. The van der Waals surface area contributed by atoms with Gasteiger partial charge in [-0.05, 0) is 13.8 Å². The minimum Gasteiger partial charge on any atom is -0.676 e. The number of hydrogen-bond acceptors (Lipinski definition) is 2. The van der Waals surface area contributed by atoms with Gasteiger partial charge in [0.05, 0.1) is 12.2 Å². The Balaban J connectivity index is 2.51. The van der Waals surface area contributed by atoms with Gasteiger partial charge < -0.3 is 9.31 Å². The summed E-state index contributed by atoms with van der Waals surface area (Å²) in [4.78, 5) is 0. The summed E-state index contributed by atoms with van der Waals surface area (Å²) in [5.41, 5.74) is 0. The predicted octanol–water partition coefficient (Wildman–Crippen LogP) is 0.189. The summed E-state index contributed by atoms with van der Waals surface area (Å²) >= 11 is 0. The third-order valence-electron chi connectivity index (χ3n) is 1.36. The lowest BCUT2D eigenvalue weighted by Crippen LogP contribution is -2.13. The Kier molecular flexibility index (Phi) is 1.22. The van der Waals surface area contributed by atoms with E-state index in [4.69, 9.17) is 15.8 Å². The molecule has 0 aliphatic carbocycles. The van der Waals surface area contributed by atoms with Gasteiger partial charge in [0, 0.05) is 6.47 Å². The maximum absolute atomic E-state index is 5.27. The number of rotatable bonds is 0. The fraction of sp³-hybridized carbons (Fsp3) is 0.800. The van der Waals surface area contributed by atoms with Crippen LogP contribution < -0.4 is 0 Å². The molecule has 0 aromatic heterocycles. The molecule has 1 aliphatic heterocycles. The fourth-order valence-electron chi connectivity index (χ4n) is 0.676. The molecule has 0 amide bonds. The lowest BCUT2D eigenvalue weighted by molar-refractivity contribution is 0.187. The summed E-state index contributed by atoms with van der Waals surface area (Å²) in [6, 6.07) is 0. The van der Waals surface area contributed by atoms with Crippen molar-refractivity contribution in [3.05, 3.63) is 0 Å². The summed E-state index contributed by atoms with van der Waals surface area (Å²) in [6.07, 6.45) is 0.287. The molecule has 0 aromatic rings. The van der Waals surface area contributed by atoms with Crippen molar-refractivity contribution in [2.45, 2.75) is 26.1 Å². The highest BCUT2D eigenvalue weighted by Crippen LogP contribution is 2.10. The Morgan fingerprint density at radius 3 is 1.75 bits per heavy atom. The van der Waals surface area contributed by atoms with Gasteiger partial charge in [-0.1, -0.05) is 0 Å². The minimum atomic E-state index is -0.500. The molecular weight excluding hydrogens is 103 g/mol. The van der Waals surface area contributed by atoms with Gasteiger partial charge in [-0.15, -0.1) is 0 Å². The van der Waals surface area contributed by atoms with E-state index in [2.05, 4.69) is 0 Å². The fourth-order valence-corrected chi connectivity index (χ4v) is 0.676. The van der Waals surface area contributed by atoms with Crippen LogP contribution >= 0.6 is 0 Å². The summed E-state index contributed by atoms with van der Waals surface area (Å²) in [7, 11) is 0. The topological polar surface area (TPSA) is 18.5 Å². The molecule has 0 radical (unpaired) electrons. The molecule has 1 saturated heterocycles. The van der Waals surface area contributed by atoms with Crippen molar-refractivity contribution in [3.63, 3.8) is 0 Å². The quantitative estimate of drug-likeness (QED) is 0.329. The molecule has 1 aliphatic rings. The van der Waals surface area contributed by atoms with Crippen LogP contribution in [-0.2, 0) is 9.31 Å². The zero-order valence-corrected chi connectivity index (χ0v) is 5.13. The molecule has 2 atom stereocenters. The van der Waals surface area contributed by atoms with Crippen LogP contribution in [0.2, 0.25) is 0 Å². The van der Waals surface area contributed by atoms with Crippen molar-refractivity contribution in [3.8, 4) is 0 Å². The second-order valence-electron chi connectivity index (χ2n) is 2.05. The maximum Gasteiger partial charge on any atom is 0.590 e. The van der Waals surface area contributed by atoms with Gasteiger partial charge in [0.2, 0.25) is 0 Å². The van der Waals surface area contributed by atoms with Gasteiger partial charge in [0.25, 0.3) is 0 Å². The van der Waals surface area contributed by atoms with Crippen molar-refractivity contribution < 1.29 is 9.31 Å².